The van der Waals surface area contributed by atoms with E-state index in [4.69, 9.17) is 15.7 Å². The predicted octanol–water partition coefficient (Wildman–Crippen LogP) is 1.62. The van der Waals surface area contributed by atoms with Gasteiger partial charge in [0.15, 0.2) is 0 Å². The van der Waals surface area contributed by atoms with E-state index in [1.165, 1.54) is 10.9 Å². The number of benzene rings is 1. The van der Waals surface area contributed by atoms with Gasteiger partial charge in [0, 0.05) is 12.2 Å². The van der Waals surface area contributed by atoms with E-state index in [0.29, 0.717) is 16.8 Å². The summed E-state index contributed by atoms with van der Waals surface area (Å²) in [6, 6.07) is 8.86. The van der Waals surface area contributed by atoms with E-state index in [0.717, 1.165) is 19.4 Å². The van der Waals surface area contributed by atoms with Gasteiger partial charge in [0.1, 0.15) is 17.5 Å². The van der Waals surface area contributed by atoms with Crippen LogP contribution in [-0.4, -0.2) is 34.4 Å². The van der Waals surface area contributed by atoms with Crippen molar-refractivity contribution in [2.24, 2.45) is 0 Å². The summed E-state index contributed by atoms with van der Waals surface area (Å²) in [5.41, 5.74) is 7.43. The lowest BCUT2D eigenvalue weighted by molar-refractivity contribution is 0.0712. The molecular weight excluding hydrogens is 306 g/mol. The second kappa shape index (κ2) is 6.72. The molecule has 1 aliphatic rings. The third-order valence-corrected chi connectivity index (χ3v) is 4.18. The van der Waals surface area contributed by atoms with E-state index in [1.54, 1.807) is 24.3 Å². The van der Waals surface area contributed by atoms with E-state index in [1.807, 2.05) is 13.0 Å². The van der Waals surface area contributed by atoms with Gasteiger partial charge in [-0.2, -0.15) is 10.4 Å². The number of hydrogen-bond acceptors (Lipinski definition) is 5. The summed E-state index contributed by atoms with van der Waals surface area (Å²) in [5.74, 6) is 0.136. The van der Waals surface area contributed by atoms with Crippen molar-refractivity contribution in [3.05, 3.63) is 41.6 Å². The van der Waals surface area contributed by atoms with Crippen molar-refractivity contribution >= 4 is 11.7 Å². The maximum Gasteiger partial charge on any atom is 0.251 e. The first-order chi connectivity index (χ1) is 11.6. The van der Waals surface area contributed by atoms with Gasteiger partial charge >= 0.3 is 0 Å². The summed E-state index contributed by atoms with van der Waals surface area (Å²) in [6.07, 6.45) is 3.51. The van der Waals surface area contributed by atoms with Gasteiger partial charge in [-0.15, -0.1) is 0 Å². The Morgan fingerprint density at radius 2 is 2.25 bits per heavy atom. The normalized spacial score (nSPS) is 18.1. The summed E-state index contributed by atoms with van der Waals surface area (Å²) in [5, 5.41) is 16.0. The molecular formula is C17H19N5O2. The summed E-state index contributed by atoms with van der Waals surface area (Å²) >= 11 is 0. The van der Waals surface area contributed by atoms with Gasteiger partial charge in [0.05, 0.1) is 24.0 Å². The summed E-state index contributed by atoms with van der Waals surface area (Å²) < 4.78 is 7.06. The smallest absolute Gasteiger partial charge is 0.251 e. The standard InChI is InChI=1S/C17H19N5O2/c1-11(15-3-2-8-24-15)21-17(23)12-4-6-14(7-5-12)22-16(19)13(9-18)10-20-22/h4-7,10-11,15H,2-3,8,19H2,1H3,(H,21,23)/t11-,15-/m0/s1. The zero-order chi connectivity index (χ0) is 17.1. The third kappa shape index (κ3) is 3.09. The van der Waals surface area contributed by atoms with Crippen molar-refractivity contribution < 1.29 is 9.53 Å². The Labute approximate surface area is 140 Å². The minimum atomic E-state index is -0.143. The number of nitrogen functional groups attached to an aromatic ring is 1. The first-order valence-corrected chi connectivity index (χ1v) is 7.86. The Kier molecular flexibility index (Phi) is 4.49. The van der Waals surface area contributed by atoms with Crippen molar-refractivity contribution in [2.75, 3.05) is 12.3 Å². The number of rotatable bonds is 4. The van der Waals surface area contributed by atoms with Crippen LogP contribution in [0.3, 0.4) is 0 Å². The molecule has 1 amide bonds. The van der Waals surface area contributed by atoms with Gasteiger partial charge in [-0.3, -0.25) is 4.79 Å². The van der Waals surface area contributed by atoms with Gasteiger partial charge in [-0.25, -0.2) is 4.68 Å². The number of nitrogens with zero attached hydrogens (tertiary/aromatic N) is 3. The van der Waals surface area contributed by atoms with Crippen LogP contribution in [0.15, 0.2) is 30.5 Å². The van der Waals surface area contributed by atoms with E-state index >= 15 is 0 Å². The Balaban J connectivity index is 1.70. The minimum absolute atomic E-state index is 0.0281. The van der Waals surface area contributed by atoms with Crippen LogP contribution in [0.25, 0.3) is 5.69 Å². The third-order valence-electron chi connectivity index (χ3n) is 4.18. The van der Waals surface area contributed by atoms with Gasteiger partial charge in [-0.05, 0) is 44.0 Å². The highest BCUT2D eigenvalue weighted by molar-refractivity contribution is 5.94. The van der Waals surface area contributed by atoms with E-state index in [2.05, 4.69) is 10.4 Å². The first-order valence-electron chi connectivity index (χ1n) is 7.86. The van der Waals surface area contributed by atoms with Crippen molar-refractivity contribution in [3.63, 3.8) is 0 Å². The molecule has 0 aliphatic carbocycles. The van der Waals surface area contributed by atoms with Gasteiger partial charge in [0.25, 0.3) is 5.91 Å². The van der Waals surface area contributed by atoms with Gasteiger partial charge in [0.2, 0.25) is 0 Å². The number of anilines is 1. The van der Waals surface area contributed by atoms with Crippen LogP contribution >= 0.6 is 0 Å². The average Bonchev–Trinajstić information content (AvgIpc) is 3.24. The van der Waals surface area contributed by atoms with Crippen molar-refractivity contribution in [3.8, 4) is 11.8 Å². The second-order valence-corrected chi connectivity index (χ2v) is 5.83. The summed E-state index contributed by atoms with van der Waals surface area (Å²) in [4.78, 5) is 12.3. The number of nitriles is 1. The van der Waals surface area contributed by atoms with Crippen LogP contribution in [0, 0.1) is 11.3 Å². The molecule has 3 N–H and O–H groups in total. The molecule has 0 bridgehead atoms. The number of ether oxygens (including phenoxy) is 1. The Morgan fingerprint density at radius 1 is 1.50 bits per heavy atom. The zero-order valence-electron chi connectivity index (χ0n) is 13.4. The Bertz CT molecular complexity index is 769. The molecule has 0 spiro atoms. The number of nitrogens with two attached hydrogens (primary N) is 1. The molecule has 0 unspecified atom stereocenters. The molecule has 1 saturated heterocycles. The van der Waals surface area contributed by atoms with Gasteiger partial charge in [-0.1, -0.05) is 0 Å². The fourth-order valence-corrected chi connectivity index (χ4v) is 2.78. The topological polar surface area (TPSA) is 106 Å². The first kappa shape index (κ1) is 16.0. The average molecular weight is 325 g/mol. The molecule has 7 heteroatoms. The van der Waals surface area contributed by atoms with Crippen LogP contribution in [-0.2, 0) is 4.74 Å². The lowest BCUT2D eigenvalue weighted by Crippen LogP contribution is -2.40. The molecule has 7 nitrogen and oxygen atoms in total. The highest BCUT2D eigenvalue weighted by atomic mass is 16.5. The van der Waals surface area contributed by atoms with E-state index < -0.39 is 0 Å². The number of nitrogens with one attached hydrogen (secondary N) is 1. The number of carbonyl (C=O) groups excluding carboxylic acids is 1. The SMILES string of the molecule is C[C@H](NC(=O)c1ccc(-n2ncc(C#N)c2N)cc1)[C@@H]1CCCO1. The summed E-state index contributed by atoms with van der Waals surface area (Å²) in [6.45, 7) is 2.71. The van der Waals surface area contributed by atoms with Crippen LogP contribution in [0.1, 0.15) is 35.7 Å². The molecule has 1 aliphatic heterocycles. The molecule has 3 rings (SSSR count). The lowest BCUT2D eigenvalue weighted by Gasteiger charge is -2.20. The number of hydrogen-bond donors (Lipinski definition) is 2. The van der Waals surface area contributed by atoms with Crippen molar-refractivity contribution in [1.29, 1.82) is 5.26 Å². The molecule has 0 saturated carbocycles. The molecule has 1 fully saturated rings. The van der Waals surface area contributed by atoms with Crippen molar-refractivity contribution in [2.45, 2.75) is 31.9 Å². The predicted molar refractivity (Wildman–Crippen MR) is 88.6 cm³/mol. The zero-order valence-corrected chi connectivity index (χ0v) is 13.4. The minimum Gasteiger partial charge on any atom is -0.382 e. The molecule has 2 atom stereocenters. The lowest BCUT2D eigenvalue weighted by atomic mass is 10.1. The molecule has 124 valence electrons. The maximum absolute atomic E-state index is 12.3. The molecule has 2 heterocycles. The molecule has 24 heavy (non-hydrogen) atoms. The maximum atomic E-state index is 12.3. The van der Waals surface area contributed by atoms with Crippen LogP contribution < -0.4 is 11.1 Å². The second-order valence-electron chi connectivity index (χ2n) is 5.83. The van der Waals surface area contributed by atoms with Crippen LogP contribution in [0.4, 0.5) is 5.82 Å². The Hall–Kier alpha value is -2.85. The van der Waals surface area contributed by atoms with Crippen LogP contribution in [0.2, 0.25) is 0 Å². The molecule has 0 radical (unpaired) electrons. The fourth-order valence-electron chi connectivity index (χ4n) is 2.78. The van der Waals surface area contributed by atoms with E-state index in [9.17, 15) is 4.79 Å². The highest BCUT2D eigenvalue weighted by Gasteiger charge is 2.24. The molecule has 2 aromatic rings. The monoisotopic (exact) mass is 325 g/mol. The number of amides is 1. The fraction of sp³-hybridized carbons (Fsp3) is 0.353. The Morgan fingerprint density at radius 3 is 2.83 bits per heavy atom. The molecule has 1 aromatic carbocycles. The van der Waals surface area contributed by atoms with Crippen LogP contribution in [0.5, 0.6) is 0 Å². The highest BCUT2D eigenvalue weighted by Crippen LogP contribution is 2.18. The molecule has 1 aromatic heterocycles. The largest absolute Gasteiger partial charge is 0.382 e. The van der Waals surface area contributed by atoms with E-state index in [-0.39, 0.29) is 23.9 Å². The summed E-state index contributed by atoms with van der Waals surface area (Å²) in [7, 11) is 0. The van der Waals surface area contributed by atoms with Crippen molar-refractivity contribution in [1.82, 2.24) is 15.1 Å². The van der Waals surface area contributed by atoms with Gasteiger partial charge < -0.3 is 15.8 Å². The number of carbonyl (C=O) groups is 1. The number of aromatic nitrogens is 2. The quantitative estimate of drug-likeness (QED) is 0.888.